The first kappa shape index (κ1) is 23.5. The van der Waals surface area contributed by atoms with Gasteiger partial charge in [0.2, 0.25) is 0 Å². The number of tetrazole rings is 1. The molecule has 9 heteroatoms. The van der Waals surface area contributed by atoms with E-state index in [9.17, 15) is 4.79 Å². The quantitative estimate of drug-likeness (QED) is 0.434. The van der Waals surface area contributed by atoms with Gasteiger partial charge < -0.3 is 15.0 Å². The molecule has 36 heavy (non-hydrogen) atoms. The zero-order chi connectivity index (χ0) is 24.7. The van der Waals surface area contributed by atoms with Gasteiger partial charge in [-0.25, -0.2) is 4.79 Å². The predicted octanol–water partition coefficient (Wildman–Crippen LogP) is 3.29. The Morgan fingerprint density at radius 3 is 2.08 bits per heavy atom. The van der Waals surface area contributed by atoms with Crippen LogP contribution in [0.3, 0.4) is 0 Å². The molecule has 1 aliphatic rings. The second kappa shape index (κ2) is 11.0. The lowest BCUT2D eigenvalue weighted by molar-refractivity contribution is 0.132. The Labute approximate surface area is 210 Å². The normalized spacial score (nSPS) is 14.1. The third-order valence-electron chi connectivity index (χ3n) is 6.41. The molecule has 0 aliphatic carbocycles. The molecule has 5 rings (SSSR count). The average Bonchev–Trinajstić information content (AvgIpc) is 3.41. The molecule has 0 unspecified atom stereocenters. The molecule has 9 nitrogen and oxygen atoms in total. The van der Waals surface area contributed by atoms with Gasteiger partial charge in [0.1, 0.15) is 5.75 Å². The van der Waals surface area contributed by atoms with Crippen LogP contribution in [-0.2, 0) is 6.54 Å². The van der Waals surface area contributed by atoms with Gasteiger partial charge in [0, 0.05) is 26.2 Å². The number of rotatable bonds is 7. The maximum absolute atomic E-state index is 13.2. The van der Waals surface area contributed by atoms with E-state index in [1.807, 2.05) is 89.8 Å². The molecule has 2 amide bonds. The molecule has 3 aromatic carbocycles. The Bertz CT molecular complexity index is 1210. The van der Waals surface area contributed by atoms with Crippen molar-refractivity contribution >= 4 is 6.03 Å². The molecule has 1 aliphatic heterocycles. The van der Waals surface area contributed by atoms with Crippen molar-refractivity contribution in [1.29, 1.82) is 0 Å². The highest BCUT2D eigenvalue weighted by Gasteiger charge is 2.25. The maximum atomic E-state index is 13.2. The Morgan fingerprint density at radius 2 is 1.50 bits per heavy atom. The van der Waals surface area contributed by atoms with Crippen LogP contribution in [-0.4, -0.2) is 69.3 Å². The number of amides is 2. The standard InChI is InChI=1S/C27H29N7O2/c1-36-24-14-12-23(13-15-24)34-25(29-30-31-34)20-32-16-18-33(19-17-32)27(35)28-26(21-8-4-2-5-9-21)22-10-6-3-7-11-22/h2-15,26H,16-20H2,1H3,(H,28,35). The molecule has 0 atom stereocenters. The Kier molecular flexibility index (Phi) is 7.18. The summed E-state index contributed by atoms with van der Waals surface area (Å²) >= 11 is 0. The number of nitrogens with one attached hydrogen (secondary N) is 1. The van der Waals surface area contributed by atoms with Crippen molar-refractivity contribution in [2.75, 3.05) is 33.3 Å². The molecule has 2 heterocycles. The first-order chi connectivity index (χ1) is 17.7. The zero-order valence-corrected chi connectivity index (χ0v) is 20.2. The van der Waals surface area contributed by atoms with Crippen LogP contribution >= 0.6 is 0 Å². The number of methoxy groups -OCH3 is 1. The van der Waals surface area contributed by atoms with E-state index in [1.54, 1.807) is 11.8 Å². The van der Waals surface area contributed by atoms with Crippen LogP contribution in [0, 0.1) is 0 Å². The zero-order valence-electron chi connectivity index (χ0n) is 20.2. The number of urea groups is 1. The van der Waals surface area contributed by atoms with Gasteiger partial charge in [-0.1, -0.05) is 60.7 Å². The number of carbonyl (C=O) groups excluding carboxylic acids is 1. The molecule has 0 radical (unpaired) electrons. The number of hydrogen-bond donors (Lipinski definition) is 1. The largest absolute Gasteiger partial charge is 0.497 e. The lowest BCUT2D eigenvalue weighted by Crippen LogP contribution is -2.52. The maximum Gasteiger partial charge on any atom is 0.318 e. The Balaban J connectivity index is 1.20. The minimum atomic E-state index is -0.202. The minimum absolute atomic E-state index is 0.0598. The van der Waals surface area contributed by atoms with Gasteiger partial charge in [-0.05, 0) is 45.8 Å². The van der Waals surface area contributed by atoms with E-state index in [-0.39, 0.29) is 12.1 Å². The summed E-state index contributed by atoms with van der Waals surface area (Å²) in [5.74, 6) is 1.54. The molecule has 184 valence electrons. The summed E-state index contributed by atoms with van der Waals surface area (Å²) in [6.45, 7) is 3.35. The number of piperazine rings is 1. The second-order valence-corrected chi connectivity index (χ2v) is 8.67. The number of nitrogens with zero attached hydrogens (tertiary/aromatic N) is 6. The van der Waals surface area contributed by atoms with Gasteiger partial charge >= 0.3 is 6.03 Å². The first-order valence-corrected chi connectivity index (χ1v) is 12.0. The highest BCUT2D eigenvalue weighted by molar-refractivity contribution is 5.75. The van der Waals surface area contributed by atoms with E-state index in [4.69, 9.17) is 4.74 Å². The summed E-state index contributed by atoms with van der Waals surface area (Å²) in [6, 6.07) is 27.5. The van der Waals surface area contributed by atoms with Gasteiger partial charge in [-0.3, -0.25) is 4.90 Å². The van der Waals surface area contributed by atoms with Crippen LogP contribution in [0.5, 0.6) is 5.75 Å². The van der Waals surface area contributed by atoms with Crippen LogP contribution in [0.15, 0.2) is 84.9 Å². The van der Waals surface area contributed by atoms with Crippen molar-refractivity contribution in [1.82, 2.24) is 35.3 Å². The Morgan fingerprint density at radius 1 is 0.889 bits per heavy atom. The number of hydrogen-bond acceptors (Lipinski definition) is 6. The number of benzene rings is 3. The van der Waals surface area contributed by atoms with E-state index in [1.165, 1.54) is 0 Å². The average molecular weight is 484 g/mol. The van der Waals surface area contributed by atoms with Crippen molar-refractivity contribution < 1.29 is 9.53 Å². The highest BCUT2D eigenvalue weighted by atomic mass is 16.5. The summed E-state index contributed by atoms with van der Waals surface area (Å²) in [5, 5.41) is 15.5. The molecule has 1 aromatic heterocycles. The number of ether oxygens (including phenoxy) is 1. The Hall–Kier alpha value is -4.24. The smallest absolute Gasteiger partial charge is 0.318 e. The summed E-state index contributed by atoms with van der Waals surface area (Å²) < 4.78 is 6.97. The van der Waals surface area contributed by atoms with E-state index >= 15 is 0 Å². The van der Waals surface area contributed by atoms with Gasteiger partial charge in [0.05, 0.1) is 25.4 Å². The van der Waals surface area contributed by atoms with Crippen LogP contribution in [0.4, 0.5) is 4.79 Å². The second-order valence-electron chi connectivity index (χ2n) is 8.67. The first-order valence-electron chi connectivity index (χ1n) is 12.0. The minimum Gasteiger partial charge on any atom is -0.497 e. The van der Waals surface area contributed by atoms with Crippen molar-refractivity contribution in [3.63, 3.8) is 0 Å². The fourth-order valence-corrected chi connectivity index (χ4v) is 4.40. The summed E-state index contributed by atoms with van der Waals surface area (Å²) in [4.78, 5) is 17.4. The van der Waals surface area contributed by atoms with Gasteiger partial charge in [0.25, 0.3) is 0 Å². The fraction of sp³-hybridized carbons (Fsp3) is 0.259. The monoisotopic (exact) mass is 483 g/mol. The van der Waals surface area contributed by atoms with Gasteiger partial charge in [-0.15, -0.1) is 5.10 Å². The van der Waals surface area contributed by atoms with E-state index in [0.29, 0.717) is 19.6 Å². The number of aromatic nitrogens is 4. The van der Waals surface area contributed by atoms with E-state index < -0.39 is 0 Å². The van der Waals surface area contributed by atoms with Crippen molar-refractivity contribution in [3.05, 3.63) is 102 Å². The molecule has 1 N–H and O–H groups in total. The molecule has 1 saturated heterocycles. The fourth-order valence-electron chi connectivity index (χ4n) is 4.40. The summed E-state index contributed by atoms with van der Waals surface area (Å²) in [7, 11) is 1.64. The molecule has 0 spiro atoms. The van der Waals surface area contributed by atoms with Gasteiger partial charge in [-0.2, -0.15) is 4.68 Å². The van der Waals surface area contributed by atoms with Crippen molar-refractivity contribution in [3.8, 4) is 11.4 Å². The molecular weight excluding hydrogens is 454 g/mol. The summed E-state index contributed by atoms with van der Waals surface area (Å²) in [6.07, 6.45) is 0. The van der Waals surface area contributed by atoms with E-state index in [0.717, 1.165) is 41.5 Å². The van der Waals surface area contributed by atoms with Gasteiger partial charge in [0.15, 0.2) is 5.82 Å². The highest BCUT2D eigenvalue weighted by Crippen LogP contribution is 2.22. The van der Waals surface area contributed by atoms with Crippen molar-refractivity contribution in [2.24, 2.45) is 0 Å². The molecule has 0 saturated carbocycles. The van der Waals surface area contributed by atoms with Crippen LogP contribution < -0.4 is 10.1 Å². The molecular formula is C27H29N7O2. The lowest BCUT2D eigenvalue weighted by atomic mass is 9.99. The SMILES string of the molecule is COc1ccc(-n2nnnc2CN2CCN(C(=O)NC(c3ccccc3)c3ccccc3)CC2)cc1. The molecule has 0 bridgehead atoms. The predicted molar refractivity (Wildman–Crippen MR) is 136 cm³/mol. The third kappa shape index (κ3) is 5.36. The van der Waals surface area contributed by atoms with Crippen LogP contribution in [0.25, 0.3) is 5.69 Å². The van der Waals surface area contributed by atoms with Crippen molar-refractivity contribution in [2.45, 2.75) is 12.6 Å². The lowest BCUT2D eigenvalue weighted by Gasteiger charge is -2.35. The summed E-state index contributed by atoms with van der Waals surface area (Å²) in [5.41, 5.74) is 2.99. The molecule has 1 fully saturated rings. The van der Waals surface area contributed by atoms with Crippen LogP contribution in [0.1, 0.15) is 23.0 Å². The third-order valence-corrected chi connectivity index (χ3v) is 6.41. The number of carbonyl (C=O) groups is 1. The van der Waals surface area contributed by atoms with E-state index in [2.05, 4.69) is 25.7 Å². The molecule has 4 aromatic rings. The van der Waals surface area contributed by atoms with Crippen LogP contribution in [0.2, 0.25) is 0 Å². The topological polar surface area (TPSA) is 88.4 Å².